The van der Waals surface area contributed by atoms with Crippen molar-refractivity contribution in [2.24, 2.45) is 5.41 Å². The smallest absolute Gasteiger partial charge is 0.407 e. The fourth-order valence-corrected chi connectivity index (χ4v) is 6.94. The van der Waals surface area contributed by atoms with E-state index >= 15 is 0 Å². The molecular formula is C36H53N5O7Si. The monoisotopic (exact) mass is 695 g/mol. The van der Waals surface area contributed by atoms with Crippen molar-refractivity contribution in [3.05, 3.63) is 41.3 Å². The van der Waals surface area contributed by atoms with Crippen molar-refractivity contribution >= 4 is 26.5 Å². The summed E-state index contributed by atoms with van der Waals surface area (Å²) in [5.41, 5.74) is 2.28. The van der Waals surface area contributed by atoms with Crippen LogP contribution in [-0.4, -0.2) is 90.9 Å². The highest BCUT2D eigenvalue weighted by Gasteiger charge is 2.44. The van der Waals surface area contributed by atoms with Gasteiger partial charge >= 0.3 is 6.09 Å². The number of hydrogen-bond donors (Lipinski definition) is 2. The zero-order valence-electron chi connectivity index (χ0n) is 30.8. The van der Waals surface area contributed by atoms with Crippen LogP contribution in [0.4, 0.5) is 10.6 Å². The van der Waals surface area contributed by atoms with Gasteiger partial charge in [0.1, 0.15) is 29.5 Å². The van der Waals surface area contributed by atoms with E-state index in [1.54, 1.807) is 14.0 Å². The number of hydrogen-bond acceptors (Lipinski definition) is 10. The standard InChI is InChI=1S/C36H53N5O7Si/c1-22-29(23(2)47-40-22)30-27(21-42)33(37-25-15-17-45-18-16-25)39-32(38-30)24-13-12-14-26(19-24)46-31(35(3,4)5)28(20-41(9)34(43)44)48-49(10,11)36(6,7)8/h12-14,19,21,25,28,31H,15-18,20H2,1-11H3,(H,43,44)(H,37,38,39). The lowest BCUT2D eigenvalue weighted by atomic mass is 9.85. The number of nitrogens with one attached hydrogen (secondary N) is 1. The zero-order valence-corrected chi connectivity index (χ0v) is 31.8. The molecule has 0 spiro atoms. The maximum Gasteiger partial charge on any atom is 0.407 e. The molecule has 0 aliphatic carbocycles. The average Bonchev–Trinajstić information content (AvgIpc) is 3.35. The molecule has 2 atom stereocenters. The number of aromatic nitrogens is 3. The van der Waals surface area contributed by atoms with Gasteiger partial charge in [0, 0.05) is 37.3 Å². The number of carboxylic acid groups (broad SMARTS) is 1. The molecule has 1 fully saturated rings. The highest BCUT2D eigenvalue weighted by molar-refractivity contribution is 6.74. The van der Waals surface area contributed by atoms with E-state index in [0.717, 1.165) is 19.1 Å². The first-order valence-electron chi connectivity index (χ1n) is 16.9. The number of nitrogens with zero attached hydrogens (tertiary/aromatic N) is 4. The number of carbonyl (C=O) groups excluding carboxylic acids is 1. The Balaban J connectivity index is 1.80. The summed E-state index contributed by atoms with van der Waals surface area (Å²) in [6, 6.07) is 7.58. The van der Waals surface area contributed by atoms with E-state index in [9.17, 15) is 14.7 Å². The summed E-state index contributed by atoms with van der Waals surface area (Å²) in [4.78, 5) is 35.6. The second-order valence-corrected chi connectivity index (χ2v) is 20.3. The summed E-state index contributed by atoms with van der Waals surface area (Å²) in [5, 5.41) is 17.3. The Labute approximate surface area is 291 Å². The third-order valence-corrected chi connectivity index (χ3v) is 14.0. The zero-order chi connectivity index (χ0) is 36.3. The molecule has 1 amide bonds. The van der Waals surface area contributed by atoms with Crippen LogP contribution in [-0.2, 0) is 9.16 Å². The second kappa shape index (κ2) is 15.0. The van der Waals surface area contributed by atoms with E-state index in [1.807, 2.05) is 31.2 Å². The Morgan fingerprint density at radius 1 is 1.14 bits per heavy atom. The van der Waals surface area contributed by atoms with E-state index in [2.05, 4.69) is 65.1 Å². The number of aryl methyl sites for hydroxylation is 2. The Kier molecular flexibility index (Phi) is 11.6. The number of likely N-dealkylation sites (N-methyl/N-ethyl adjacent to an activating group) is 1. The number of aldehydes is 1. The van der Waals surface area contributed by atoms with Crippen LogP contribution in [0.5, 0.6) is 5.75 Å². The third-order valence-electron chi connectivity index (χ3n) is 9.47. The van der Waals surface area contributed by atoms with Crippen molar-refractivity contribution in [1.82, 2.24) is 20.0 Å². The van der Waals surface area contributed by atoms with Crippen LogP contribution < -0.4 is 10.1 Å². The molecular weight excluding hydrogens is 643 g/mol. The maximum absolute atomic E-state index is 12.6. The van der Waals surface area contributed by atoms with Gasteiger partial charge in [-0.15, -0.1) is 0 Å². The second-order valence-electron chi connectivity index (χ2n) is 15.5. The lowest BCUT2D eigenvalue weighted by molar-refractivity contribution is -0.0300. The molecule has 1 aliphatic heterocycles. The Bertz CT molecular complexity index is 1600. The Hall–Kier alpha value is -3.81. The molecule has 1 aromatic carbocycles. The average molecular weight is 696 g/mol. The van der Waals surface area contributed by atoms with Gasteiger partial charge in [0.25, 0.3) is 0 Å². The quantitative estimate of drug-likeness (QED) is 0.142. The molecule has 3 aromatic rings. The van der Waals surface area contributed by atoms with Gasteiger partial charge in [0.15, 0.2) is 20.4 Å². The van der Waals surface area contributed by atoms with Crippen molar-refractivity contribution < 1.29 is 33.1 Å². The number of anilines is 1. The molecule has 1 aliphatic rings. The maximum atomic E-state index is 12.6. The van der Waals surface area contributed by atoms with Crippen LogP contribution in [0, 0.1) is 19.3 Å². The van der Waals surface area contributed by atoms with E-state index in [-0.39, 0.29) is 17.6 Å². The van der Waals surface area contributed by atoms with E-state index in [0.29, 0.717) is 64.4 Å². The van der Waals surface area contributed by atoms with Gasteiger partial charge in [-0.25, -0.2) is 14.8 Å². The fraction of sp³-hybridized carbons (Fsp3) is 0.583. The van der Waals surface area contributed by atoms with Crippen molar-refractivity contribution in [1.29, 1.82) is 0 Å². The summed E-state index contributed by atoms with van der Waals surface area (Å²) in [7, 11) is -0.795. The van der Waals surface area contributed by atoms with E-state index in [1.165, 1.54) is 4.90 Å². The first-order chi connectivity index (χ1) is 22.8. The fourth-order valence-electron chi connectivity index (χ4n) is 5.63. The first kappa shape index (κ1) is 38.0. The molecule has 13 heteroatoms. The molecule has 0 saturated carbocycles. The first-order valence-corrected chi connectivity index (χ1v) is 19.8. The van der Waals surface area contributed by atoms with E-state index in [4.69, 9.17) is 28.4 Å². The molecule has 4 rings (SSSR count). The van der Waals surface area contributed by atoms with Gasteiger partial charge in [0.2, 0.25) is 0 Å². The van der Waals surface area contributed by atoms with Gasteiger partial charge in [-0.1, -0.05) is 58.8 Å². The van der Waals surface area contributed by atoms with Gasteiger partial charge in [-0.3, -0.25) is 4.79 Å². The van der Waals surface area contributed by atoms with Crippen LogP contribution in [0.3, 0.4) is 0 Å². The lowest BCUT2D eigenvalue weighted by Gasteiger charge is -2.45. The van der Waals surface area contributed by atoms with Crippen molar-refractivity contribution in [2.45, 2.75) is 105 Å². The molecule has 2 N–H and O–H groups in total. The number of amides is 1. The molecule has 3 heterocycles. The molecule has 49 heavy (non-hydrogen) atoms. The number of ether oxygens (including phenoxy) is 2. The molecule has 268 valence electrons. The topological polar surface area (TPSA) is 149 Å². The Morgan fingerprint density at radius 2 is 1.82 bits per heavy atom. The largest absolute Gasteiger partial charge is 0.487 e. The number of rotatable bonds is 12. The summed E-state index contributed by atoms with van der Waals surface area (Å²) in [6.45, 7) is 22.0. The number of carbonyl (C=O) groups is 2. The molecule has 12 nitrogen and oxygen atoms in total. The van der Waals surface area contributed by atoms with Crippen LogP contribution in [0.2, 0.25) is 18.1 Å². The van der Waals surface area contributed by atoms with Gasteiger partial charge in [0.05, 0.1) is 29.1 Å². The van der Waals surface area contributed by atoms with Crippen LogP contribution in [0.25, 0.3) is 22.6 Å². The van der Waals surface area contributed by atoms with Gasteiger partial charge in [-0.2, -0.15) is 0 Å². The predicted octanol–water partition coefficient (Wildman–Crippen LogP) is 7.61. The lowest BCUT2D eigenvalue weighted by Crippen LogP contribution is -2.55. The summed E-state index contributed by atoms with van der Waals surface area (Å²) in [6.07, 6.45) is 0.247. The molecule has 2 aromatic heterocycles. The minimum absolute atomic E-state index is 0.0803. The minimum atomic E-state index is -2.34. The van der Waals surface area contributed by atoms with Crippen molar-refractivity contribution in [3.63, 3.8) is 0 Å². The predicted molar refractivity (Wildman–Crippen MR) is 192 cm³/mol. The molecule has 2 unspecified atom stereocenters. The van der Waals surface area contributed by atoms with Gasteiger partial charge < -0.3 is 33.7 Å². The summed E-state index contributed by atoms with van der Waals surface area (Å²) >= 11 is 0. The van der Waals surface area contributed by atoms with Crippen LogP contribution in [0.15, 0.2) is 28.8 Å². The van der Waals surface area contributed by atoms with Crippen molar-refractivity contribution in [2.75, 3.05) is 32.1 Å². The van der Waals surface area contributed by atoms with Gasteiger partial charge in [-0.05, 0) is 57.0 Å². The molecule has 1 saturated heterocycles. The third kappa shape index (κ3) is 9.06. The normalized spacial score (nSPS) is 15.8. The summed E-state index contributed by atoms with van der Waals surface area (Å²) < 4.78 is 24.7. The highest BCUT2D eigenvalue weighted by Crippen LogP contribution is 2.40. The van der Waals surface area contributed by atoms with E-state index < -0.39 is 32.0 Å². The number of benzene rings is 1. The molecule has 0 radical (unpaired) electrons. The van der Waals surface area contributed by atoms with Crippen molar-refractivity contribution in [3.8, 4) is 28.4 Å². The molecule has 0 bridgehead atoms. The van der Waals surface area contributed by atoms with Crippen LogP contribution in [0.1, 0.15) is 76.2 Å². The minimum Gasteiger partial charge on any atom is -0.487 e. The Morgan fingerprint density at radius 3 is 2.37 bits per heavy atom. The SMILES string of the molecule is Cc1noc(C)c1-c1nc(-c2cccc(OC(C(CN(C)C(=O)O)O[Si](C)(C)C(C)(C)C)C(C)(C)C)c2)nc(NC2CCOCC2)c1C=O. The van der Waals surface area contributed by atoms with Crippen LogP contribution >= 0.6 is 0 Å². The summed E-state index contributed by atoms with van der Waals surface area (Å²) in [5.74, 6) is 1.93. The highest BCUT2D eigenvalue weighted by atomic mass is 28.4.